The highest BCUT2D eigenvalue weighted by atomic mass is 32.1. The molecule has 2 rings (SSSR count). The molecule has 1 aliphatic rings. The lowest BCUT2D eigenvalue weighted by Crippen LogP contribution is -2.51. The summed E-state index contributed by atoms with van der Waals surface area (Å²) in [5, 5.41) is 16.7. The molecule has 0 bridgehead atoms. The molecule has 3 unspecified atom stereocenters. The van der Waals surface area contributed by atoms with Crippen molar-refractivity contribution < 1.29 is 19.5 Å². The second-order valence-electron chi connectivity index (χ2n) is 6.22. The topological polar surface area (TPSA) is 95.5 Å². The highest BCUT2D eigenvalue weighted by Gasteiger charge is 2.31. The van der Waals surface area contributed by atoms with Gasteiger partial charge in [0.15, 0.2) is 0 Å². The molecule has 6 nitrogen and oxygen atoms in total. The van der Waals surface area contributed by atoms with Gasteiger partial charge in [0, 0.05) is 6.04 Å². The lowest BCUT2D eigenvalue weighted by atomic mass is 9.86. The van der Waals surface area contributed by atoms with Crippen LogP contribution in [0.5, 0.6) is 0 Å². The van der Waals surface area contributed by atoms with Crippen LogP contribution in [0.1, 0.15) is 55.1 Å². The van der Waals surface area contributed by atoms with Gasteiger partial charge in [-0.2, -0.15) is 0 Å². The first-order chi connectivity index (χ1) is 11.5. The molecule has 1 aliphatic carbocycles. The van der Waals surface area contributed by atoms with Gasteiger partial charge in [-0.1, -0.05) is 31.7 Å². The number of nitrogens with one attached hydrogen (secondary N) is 2. The summed E-state index contributed by atoms with van der Waals surface area (Å²) in [6, 6.07) is 2.38. The van der Waals surface area contributed by atoms with E-state index >= 15 is 0 Å². The largest absolute Gasteiger partial charge is 0.481 e. The molecule has 7 heteroatoms. The molecule has 0 aliphatic heterocycles. The summed E-state index contributed by atoms with van der Waals surface area (Å²) < 4.78 is 0. The van der Waals surface area contributed by atoms with E-state index in [9.17, 15) is 19.5 Å². The number of thiophene rings is 1. The summed E-state index contributed by atoms with van der Waals surface area (Å²) in [6.45, 7) is 1.61. The predicted molar refractivity (Wildman–Crippen MR) is 92.0 cm³/mol. The zero-order valence-corrected chi connectivity index (χ0v) is 14.6. The highest BCUT2D eigenvalue weighted by molar-refractivity contribution is 7.12. The molecule has 0 aromatic carbocycles. The van der Waals surface area contributed by atoms with Crippen molar-refractivity contribution in [3.05, 3.63) is 22.4 Å². The Morgan fingerprint density at radius 3 is 2.54 bits per heavy atom. The van der Waals surface area contributed by atoms with Crippen LogP contribution in [-0.4, -0.2) is 35.0 Å². The lowest BCUT2D eigenvalue weighted by molar-refractivity contribution is -0.143. The summed E-state index contributed by atoms with van der Waals surface area (Å²) in [5.41, 5.74) is 0. The molecule has 132 valence electrons. The maximum absolute atomic E-state index is 12.4. The van der Waals surface area contributed by atoms with E-state index in [2.05, 4.69) is 10.6 Å². The first-order valence-electron chi connectivity index (χ1n) is 8.36. The highest BCUT2D eigenvalue weighted by Crippen LogP contribution is 2.23. The van der Waals surface area contributed by atoms with Crippen LogP contribution in [0.15, 0.2) is 17.5 Å². The van der Waals surface area contributed by atoms with Crippen molar-refractivity contribution >= 4 is 29.1 Å². The fraction of sp³-hybridized carbons (Fsp3) is 0.588. The molecule has 1 aromatic heterocycles. The lowest BCUT2D eigenvalue weighted by Gasteiger charge is -2.28. The van der Waals surface area contributed by atoms with Crippen molar-refractivity contribution in [1.29, 1.82) is 0 Å². The number of amides is 2. The Balaban J connectivity index is 1.94. The van der Waals surface area contributed by atoms with Gasteiger partial charge in [-0.3, -0.25) is 14.4 Å². The van der Waals surface area contributed by atoms with Crippen LogP contribution in [0.2, 0.25) is 0 Å². The second-order valence-corrected chi connectivity index (χ2v) is 7.17. The molecule has 24 heavy (non-hydrogen) atoms. The molecule has 3 N–H and O–H groups in total. The normalized spacial score (nSPS) is 22.7. The van der Waals surface area contributed by atoms with Gasteiger partial charge < -0.3 is 15.7 Å². The van der Waals surface area contributed by atoms with Crippen molar-refractivity contribution in [2.24, 2.45) is 5.92 Å². The third kappa shape index (κ3) is 5.06. The van der Waals surface area contributed by atoms with Crippen molar-refractivity contribution in [2.45, 2.75) is 57.5 Å². The first-order valence-corrected chi connectivity index (χ1v) is 9.24. The fourth-order valence-electron chi connectivity index (χ4n) is 3.00. The van der Waals surface area contributed by atoms with Crippen LogP contribution < -0.4 is 10.6 Å². The Hall–Kier alpha value is -1.89. The zero-order chi connectivity index (χ0) is 17.5. The third-order valence-corrected chi connectivity index (χ3v) is 5.27. The maximum atomic E-state index is 12.4. The van der Waals surface area contributed by atoms with E-state index in [1.54, 1.807) is 24.4 Å². The Bertz CT molecular complexity index is 573. The molecule has 1 heterocycles. The Morgan fingerprint density at radius 2 is 1.92 bits per heavy atom. The number of rotatable bonds is 5. The molecule has 1 saturated carbocycles. The van der Waals surface area contributed by atoms with Crippen LogP contribution in [0, 0.1) is 5.92 Å². The van der Waals surface area contributed by atoms with Gasteiger partial charge in [-0.05, 0) is 31.2 Å². The summed E-state index contributed by atoms with van der Waals surface area (Å²) in [5.74, 6) is -2.05. The van der Waals surface area contributed by atoms with Crippen molar-refractivity contribution in [3.8, 4) is 0 Å². The standard InChI is InChI=1S/C17H24N2O4S/c1-11(18-16(21)14-9-6-10-24-14)15(20)19-13-8-5-3-2-4-7-12(13)17(22)23/h6,9-13H,2-5,7-8H2,1H3,(H,18,21)(H,19,20)(H,22,23). The molecule has 0 spiro atoms. The average Bonchev–Trinajstić information content (AvgIpc) is 3.03. The van der Waals surface area contributed by atoms with E-state index < -0.39 is 17.9 Å². The van der Waals surface area contributed by atoms with E-state index in [1.165, 1.54) is 11.3 Å². The summed E-state index contributed by atoms with van der Waals surface area (Å²) >= 11 is 1.31. The third-order valence-electron chi connectivity index (χ3n) is 4.40. The van der Waals surface area contributed by atoms with Crippen molar-refractivity contribution in [1.82, 2.24) is 10.6 Å². The summed E-state index contributed by atoms with van der Waals surface area (Å²) in [4.78, 5) is 36.4. The van der Waals surface area contributed by atoms with Gasteiger partial charge in [0.1, 0.15) is 6.04 Å². The molecule has 3 atom stereocenters. The summed E-state index contributed by atoms with van der Waals surface area (Å²) in [6.07, 6.45) is 5.12. The molecular formula is C17H24N2O4S. The van der Waals surface area contributed by atoms with Gasteiger partial charge in [0.05, 0.1) is 10.8 Å². The van der Waals surface area contributed by atoms with E-state index in [0.717, 1.165) is 25.7 Å². The summed E-state index contributed by atoms with van der Waals surface area (Å²) in [7, 11) is 0. The molecular weight excluding hydrogens is 328 g/mol. The van der Waals surface area contributed by atoms with Crippen LogP contribution in [0.4, 0.5) is 0 Å². The minimum atomic E-state index is -0.863. The monoisotopic (exact) mass is 352 g/mol. The van der Waals surface area contributed by atoms with Gasteiger partial charge in [-0.15, -0.1) is 11.3 Å². The zero-order valence-electron chi connectivity index (χ0n) is 13.8. The average molecular weight is 352 g/mol. The Morgan fingerprint density at radius 1 is 1.21 bits per heavy atom. The number of aliphatic carboxylic acids is 1. The van der Waals surface area contributed by atoms with Gasteiger partial charge in [0.2, 0.25) is 5.91 Å². The Labute approximate surface area is 145 Å². The van der Waals surface area contributed by atoms with E-state index in [-0.39, 0.29) is 17.9 Å². The molecule has 0 saturated heterocycles. The van der Waals surface area contributed by atoms with Gasteiger partial charge >= 0.3 is 5.97 Å². The van der Waals surface area contributed by atoms with Gasteiger partial charge in [-0.25, -0.2) is 0 Å². The van der Waals surface area contributed by atoms with Crippen LogP contribution in [0.25, 0.3) is 0 Å². The number of hydrogen-bond acceptors (Lipinski definition) is 4. The van der Waals surface area contributed by atoms with Crippen molar-refractivity contribution in [3.63, 3.8) is 0 Å². The number of carboxylic acids is 1. The Kier molecular flexibility index (Phi) is 6.78. The minimum absolute atomic E-state index is 0.292. The van der Waals surface area contributed by atoms with E-state index in [4.69, 9.17) is 0 Å². The number of carbonyl (C=O) groups excluding carboxylic acids is 2. The second kappa shape index (κ2) is 8.82. The van der Waals surface area contributed by atoms with Crippen LogP contribution in [-0.2, 0) is 9.59 Å². The fourth-order valence-corrected chi connectivity index (χ4v) is 3.63. The van der Waals surface area contributed by atoms with Crippen LogP contribution >= 0.6 is 11.3 Å². The molecule has 2 amide bonds. The smallest absolute Gasteiger partial charge is 0.308 e. The van der Waals surface area contributed by atoms with Crippen LogP contribution in [0.3, 0.4) is 0 Å². The van der Waals surface area contributed by atoms with E-state index in [1.807, 2.05) is 0 Å². The number of carboxylic acid groups (broad SMARTS) is 1. The quantitative estimate of drug-likeness (QED) is 0.758. The molecule has 0 radical (unpaired) electrons. The molecule has 1 aromatic rings. The maximum Gasteiger partial charge on any atom is 0.308 e. The number of hydrogen-bond donors (Lipinski definition) is 3. The van der Waals surface area contributed by atoms with Gasteiger partial charge in [0.25, 0.3) is 5.91 Å². The number of carbonyl (C=O) groups is 3. The van der Waals surface area contributed by atoms with Crippen molar-refractivity contribution in [2.75, 3.05) is 0 Å². The van der Waals surface area contributed by atoms with E-state index in [0.29, 0.717) is 17.7 Å². The SMILES string of the molecule is CC(NC(=O)c1cccs1)C(=O)NC1CCCCCCC1C(=O)O. The first kappa shape index (κ1) is 18.4. The minimum Gasteiger partial charge on any atom is -0.481 e. The predicted octanol–water partition coefficient (Wildman–Crippen LogP) is 2.41. The molecule has 1 fully saturated rings.